The van der Waals surface area contributed by atoms with E-state index in [1.165, 1.54) is 25.7 Å². The molecule has 1 aromatic rings. The summed E-state index contributed by atoms with van der Waals surface area (Å²) in [5.41, 5.74) is 6.37. The second-order valence-corrected chi connectivity index (χ2v) is 5.64. The Balaban J connectivity index is 1.61. The van der Waals surface area contributed by atoms with Crippen molar-refractivity contribution in [2.75, 3.05) is 18.5 Å². The molecule has 2 aliphatic rings. The molecule has 2 bridgehead atoms. The number of aromatic nitrogens is 1. The standard InChI is InChI=1S/C13H21N3O/c1-16(13-15-12(6-14)8-17-13)7-11-5-9-2-3-10(11)4-9/h8-11H,2-7,14H2,1H3. The molecule has 3 atom stereocenters. The molecule has 94 valence electrons. The van der Waals surface area contributed by atoms with Crippen LogP contribution in [0.15, 0.2) is 10.7 Å². The van der Waals surface area contributed by atoms with Crippen LogP contribution in [0.2, 0.25) is 0 Å². The van der Waals surface area contributed by atoms with Gasteiger partial charge in [0.15, 0.2) is 0 Å². The Morgan fingerprint density at radius 1 is 1.47 bits per heavy atom. The fourth-order valence-electron chi connectivity index (χ4n) is 3.60. The van der Waals surface area contributed by atoms with Crippen molar-refractivity contribution in [1.29, 1.82) is 0 Å². The fraction of sp³-hybridized carbons (Fsp3) is 0.769. The number of anilines is 1. The van der Waals surface area contributed by atoms with Crippen molar-refractivity contribution in [3.05, 3.63) is 12.0 Å². The molecule has 0 spiro atoms. The van der Waals surface area contributed by atoms with Gasteiger partial charge in [0, 0.05) is 20.1 Å². The minimum atomic E-state index is 0.450. The van der Waals surface area contributed by atoms with Gasteiger partial charge >= 0.3 is 0 Å². The number of oxazole rings is 1. The monoisotopic (exact) mass is 235 g/mol. The summed E-state index contributed by atoms with van der Waals surface area (Å²) in [6.07, 6.45) is 7.41. The van der Waals surface area contributed by atoms with Gasteiger partial charge in [0.25, 0.3) is 6.01 Å². The van der Waals surface area contributed by atoms with E-state index in [1.54, 1.807) is 6.26 Å². The van der Waals surface area contributed by atoms with Crippen molar-refractivity contribution < 1.29 is 4.42 Å². The molecule has 0 aromatic carbocycles. The van der Waals surface area contributed by atoms with Gasteiger partial charge in [-0.05, 0) is 37.0 Å². The lowest BCUT2D eigenvalue weighted by Crippen LogP contribution is -2.28. The van der Waals surface area contributed by atoms with Crippen molar-refractivity contribution in [3.8, 4) is 0 Å². The van der Waals surface area contributed by atoms with Gasteiger partial charge in [-0.2, -0.15) is 4.98 Å². The quantitative estimate of drug-likeness (QED) is 0.867. The molecule has 0 aliphatic heterocycles. The first-order chi connectivity index (χ1) is 8.26. The molecule has 0 amide bonds. The van der Waals surface area contributed by atoms with Gasteiger partial charge in [-0.1, -0.05) is 6.42 Å². The molecule has 2 N–H and O–H groups in total. The Morgan fingerprint density at radius 2 is 2.35 bits per heavy atom. The van der Waals surface area contributed by atoms with E-state index >= 15 is 0 Å². The molecule has 2 fully saturated rings. The summed E-state index contributed by atoms with van der Waals surface area (Å²) in [6, 6.07) is 0.716. The number of nitrogens with zero attached hydrogens (tertiary/aromatic N) is 2. The first-order valence-electron chi connectivity index (χ1n) is 6.62. The average Bonchev–Trinajstić information content (AvgIpc) is 3.04. The van der Waals surface area contributed by atoms with Gasteiger partial charge in [0.2, 0.25) is 0 Å². The van der Waals surface area contributed by atoms with Crippen molar-refractivity contribution in [2.24, 2.45) is 23.5 Å². The average molecular weight is 235 g/mol. The Kier molecular flexibility index (Phi) is 2.82. The summed E-state index contributed by atoms with van der Waals surface area (Å²) in [7, 11) is 2.07. The normalized spacial score (nSPS) is 31.1. The van der Waals surface area contributed by atoms with E-state index in [0.29, 0.717) is 12.6 Å². The SMILES string of the molecule is CN(CC1CC2CCC1C2)c1nc(CN)co1. The second kappa shape index (κ2) is 4.33. The summed E-state index contributed by atoms with van der Waals surface area (Å²) >= 11 is 0. The van der Waals surface area contributed by atoms with Crippen LogP contribution in [0.5, 0.6) is 0 Å². The number of nitrogens with two attached hydrogens (primary N) is 1. The summed E-state index contributed by atoms with van der Waals surface area (Å²) in [5.74, 6) is 2.79. The topological polar surface area (TPSA) is 55.3 Å². The largest absolute Gasteiger partial charge is 0.432 e. The number of rotatable bonds is 4. The summed E-state index contributed by atoms with van der Waals surface area (Å²) in [5, 5.41) is 0. The van der Waals surface area contributed by atoms with Gasteiger partial charge < -0.3 is 15.1 Å². The van der Waals surface area contributed by atoms with Gasteiger partial charge in [-0.15, -0.1) is 0 Å². The number of hydrogen-bond acceptors (Lipinski definition) is 4. The second-order valence-electron chi connectivity index (χ2n) is 5.64. The number of hydrogen-bond donors (Lipinski definition) is 1. The van der Waals surface area contributed by atoms with Crippen LogP contribution in [0.1, 0.15) is 31.4 Å². The van der Waals surface area contributed by atoms with Crippen molar-refractivity contribution >= 4 is 6.01 Å². The Hall–Kier alpha value is -1.03. The zero-order valence-corrected chi connectivity index (χ0v) is 10.4. The molecule has 1 heterocycles. The van der Waals surface area contributed by atoms with Crippen molar-refractivity contribution in [2.45, 2.75) is 32.2 Å². The first kappa shape index (κ1) is 11.1. The smallest absolute Gasteiger partial charge is 0.297 e. The molecule has 2 aliphatic carbocycles. The van der Waals surface area contributed by atoms with Gasteiger partial charge in [0.1, 0.15) is 6.26 Å². The highest BCUT2D eigenvalue weighted by atomic mass is 16.4. The lowest BCUT2D eigenvalue weighted by atomic mass is 9.88. The molecule has 2 saturated carbocycles. The molecule has 1 aromatic heterocycles. The fourth-order valence-corrected chi connectivity index (χ4v) is 3.60. The lowest BCUT2D eigenvalue weighted by molar-refractivity contribution is 0.332. The van der Waals surface area contributed by atoms with Gasteiger partial charge in [-0.25, -0.2) is 0 Å². The first-order valence-corrected chi connectivity index (χ1v) is 6.62. The molecule has 4 nitrogen and oxygen atoms in total. The maximum absolute atomic E-state index is 5.54. The maximum atomic E-state index is 5.54. The van der Waals surface area contributed by atoms with Crippen LogP contribution in [-0.4, -0.2) is 18.6 Å². The third-order valence-electron chi connectivity index (χ3n) is 4.47. The predicted octanol–water partition coefficient (Wildman–Crippen LogP) is 2.01. The van der Waals surface area contributed by atoms with E-state index in [0.717, 1.165) is 30.0 Å². The molecule has 4 heteroatoms. The zero-order chi connectivity index (χ0) is 11.8. The van der Waals surface area contributed by atoms with Crippen LogP contribution >= 0.6 is 0 Å². The highest BCUT2D eigenvalue weighted by Gasteiger charge is 2.39. The summed E-state index contributed by atoms with van der Waals surface area (Å²) in [6.45, 7) is 1.52. The Labute approximate surface area is 102 Å². The van der Waals surface area contributed by atoms with E-state index in [1.807, 2.05) is 0 Å². The number of fused-ring (bicyclic) bond motifs is 2. The van der Waals surface area contributed by atoms with E-state index in [9.17, 15) is 0 Å². The minimum Gasteiger partial charge on any atom is -0.432 e. The molecule has 17 heavy (non-hydrogen) atoms. The molecule has 0 radical (unpaired) electrons. The maximum Gasteiger partial charge on any atom is 0.297 e. The van der Waals surface area contributed by atoms with Crippen molar-refractivity contribution in [3.63, 3.8) is 0 Å². The van der Waals surface area contributed by atoms with Crippen LogP contribution in [-0.2, 0) is 6.54 Å². The van der Waals surface area contributed by atoms with Gasteiger partial charge in [0.05, 0.1) is 5.69 Å². The van der Waals surface area contributed by atoms with Crippen LogP contribution in [0.25, 0.3) is 0 Å². The van der Waals surface area contributed by atoms with E-state index in [2.05, 4.69) is 16.9 Å². The van der Waals surface area contributed by atoms with Crippen LogP contribution < -0.4 is 10.6 Å². The molecule has 3 unspecified atom stereocenters. The molecule has 3 rings (SSSR count). The van der Waals surface area contributed by atoms with Crippen LogP contribution in [0.4, 0.5) is 6.01 Å². The van der Waals surface area contributed by atoms with E-state index < -0.39 is 0 Å². The summed E-state index contributed by atoms with van der Waals surface area (Å²) in [4.78, 5) is 6.51. The van der Waals surface area contributed by atoms with E-state index in [-0.39, 0.29) is 0 Å². The minimum absolute atomic E-state index is 0.450. The molecular formula is C13H21N3O. The highest BCUT2D eigenvalue weighted by Crippen LogP contribution is 2.48. The van der Waals surface area contributed by atoms with E-state index in [4.69, 9.17) is 10.2 Å². The highest BCUT2D eigenvalue weighted by molar-refractivity contribution is 5.25. The molecule has 0 saturated heterocycles. The molecular weight excluding hydrogens is 214 g/mol. The van der Waals surface area contributed by atoms with Crippen LogP contribution in [0, 0.1) is 17.8 Å². The predicted molar refractivity (Wildman–Crippen MR) is 66.6 cm³/mol. The third kappa shape index (κ3) is 2.06. The van der Waals surface area contributed by atoms with Gasteiger partial charge in [-0.3, -0.25) is 0 Å². The Bertz CT molecular complexity index is 390. The third-order valence-corrected chi connectivity index (χ3v) is 4.47. The van der Waals surface area contributed by atoms with Crippen molar-refractivity contribution in [1.82, 2.24) is 4.98 Å². The Morgan fingerprint density at radius 3 is 2.94 bits per heavy atom. The zero-order valence-electron chi connectivity index (χ0n) is 10.4. The summed E-state index contributed by atoms with van der Waals surface area (Å²) < 4.78 is 5.44. The lowest BCUT2D eigenvalue weighted by Gasteiger charge is -2.26. The van der Waals surface area contributed by atoms with Crippen LogP contribution in [0.3, 0.4) is 0 Å².